The summed E-state index contributed by atoms with van der Waals surface area (Å²) in [6.45, 7) is 0.771. The maximum Gasteiger partial charge on any atom is 0.163 e. The van der Waals surface area contributed by atoms with Crippen LogP contribution in [0.5, 0.6) is 0 Å². The third kappa shape index (κ3) is 3.76. The van der Waals surface area contributed by atoms with Crippen LogP contribution in [-0.4, -0.2) is 31.3 Å². The maximum absolute atomic E-state index is 13.7. The minimum Gasteiger partial charge on any atom is -0.309 e. The van der Waals surface area contributed by atoms with Crippen molar-refractivity contribution < 1.29 is 9.18 Å². The van der Waals surface area contributed by atoms with E-state index in [2.05, 4.69) is 4.90 Å². The summed E-state index contributed by atoms with van der Waals surface area (Å²) < 4.78 is 13.7. The van der Waals surface area contributed by atoms with E-state index in [1.807, 2.05) is 14.1 Å². The molecule has 0 amide bonds. The minimum absolute atomic E-state index is 0.0468. The van der Waals surface area contributed by atoms with Gasteiger partial charge in [0.05, 0.1) is 0 Å². The zero-order valence-corrected chi connectivity index (χ0v) is 12.2. The van der Waals surface area contributed by atoms with Crippen molar-refractivity contribution in [3.05, 3.63) is 41.2 Å². The predicted octanol–water partition coefficient (Wildman–Crippen LogP) is 3.53. The van der Waals surface area contributed by atoms with E-state index >= 15 is 0 Å². The highest BCUT2D eigenvalue weighted by atomic mass is 19.1. The third-order valence-electron chi connectivity index (χ3n) is 3.76. The fourth-order valence-corrected chi connectivity index (χ4v) is 2.76. The van der Waals surface area contributed by atoms with Gasteiger partial charge in [0.25, 0.3) is 0 Å². The molecule has 1 atom stereocenters. The van der Waals surface area contributed by atoms with Crippen LogP contribution in [0.3, 0.4) is 0 Å². The fourth-order valence-electron chi connectivity index (χ4n) is 2.76. The van der Waals surface area contributed by atoms with Gasteiger partial charge in [-0.1, -0.05) is 24.6 Å². The first kappa shape index (κ1) is 14.9. The lowest BCUT2D eigenvalue weighted by molar-refractivity contribution is -0.119. The number of benzene rings is 1. The first-order valence-electron chi connectivity index (χ1n) is 7.22. The van der Waals surface area contributed by atoms with Crippen LogP contribution in [0.25, 0.3) is 6.08 Å². The van der Waals surface area contributed by atoms with Gasteiger partial charge in [0, 0.05) is 18.0 Å². The smallest absolute Gasteiger partial charge is 0.163 e. The van der Waals surface area contributed by atoms with E-state index in [1.165, 1.54) is 6.07 Å². The number of nitrogens with zero attached hydrogens (tertiary/aromatic N) is 1. The van der Waals surface area contributed by atoms with Gasteiger partial charge in [-0.2, -0.15) is 0 Å². The standard InChI is InChI=1S/C17H22FNO/c1-19(2)12-15-9-4-3-8-14(17(15)20)11-13-7-5-6-10-16(13)18/h5-7,10-11,15H,3-4,8-9,12H2,1-2H3/b14-11+. The first-order chi connectivity index (χ1) is 9.58. The van der Waals surface area contributed by atoms with Gasteiger partial charge in [0.15, 0.2) is 5.78 Å². The van der Waals surface area contributed by atoms with Gasteiger partial charge in [-0.25, -0.2) is 4.39 Å². The molecule has 20 heavy (non-hydrogen) atoms. The molecular weight excluding hydrogens is 253 g/mol. The zero-order valence-electron chi connectivity index (χ0n) is 12.2. The molecule has 3 heteroatoms. The molecule has 2 rings (SSSR count). The highest BCUT2D eigenvalue weighted by Crippen LogP contribution is 2.26. The minimum atomic E-state index is -0.263. The number of hydrogen-bond acceptors (Lipinski definition) is 2. The number of halogens is 1. The molecule has 0 N–H and O–H groups in total. The summed E-state index contributed by atoms with van der Waals surface area (Å²) in [6, 6.07) is 6.63. The molecule has 2 nitrogen and oxygen atoms in total. The van der Waals surface area contributed by atoms with Gasteiger partial charge in [-0.05, 0) is 51.1 Å². The highest BCUT2D eigenvalue weighted by Gasteiger charge is 2.25. The van der Waals surface area contributed by atoms with E-state index in [4.69, 9.17) is 0 Å². The fraction of sp³-hybridized carbons (Fsp3) is 0.471. The molecule has 1 unspecified atom stereocenters. The summed E-state index contributed by atoms with van der Waals surface area (Å²) in [7, 11) is 3.97. The molecule has 1 aromatic carbocycles. The number of rotatable bonds is 3. The number of allylic oxidation sites excluding steroid dienone is 1. The first-order valence-corrected chi connectivity index (χ1v) is 7.22. The van der Waals surface area contributed by atoms with Crippen LogP contribution >= 0.6 is 0 Å². The number of carbonyl (C=O) groups is 1. The van der Waals surface area contributed by atoms with Gasteiger partial charge in [-0.3, -0.25) is 4.79 Å². The lowest BCUT2D eigenvalue weighted by Gasteiger charge is -2.18. The Bertz CT molecular complexity index is 507. The Morgan fingerprint density at radius 2 is 2.05 bits per heavy atom. The molecule has 1 aliphatic carbocycles. The summed E-state index contributed by atoms with van der Waals surface area (Å²) in [5.41, 5.74) is 1.29. The van der Waals surface area contributed by atoms with Crippen LogP contribution in [0, 0.1) is 11.7 Å². The molecule has 0 spiro atoms. The van der Waals surface area contributed by atoms with Crippen LogP contribution < -0.4 is 0 Å². The Balaban J connectivity index is 2.25. The SMILES string of the molecule is CN(C)CC1CCCC/C(=C\c2ccccc2F)C1=O. The monoisotopic (exact) mass is 275 g/mol. The zero-order chi connectivity index (χ0) is 14.5. The van der Waals surface area contributed by atoms with E-state index in [1.54, 1.807) is 24.3 Å². The molecule has 1 aliphatic rings. The van der Waals surface area contributed by atoms with Crippen molar-refractivity contribution >= 4 is 11.9 Å². The summed E-state index contributed by atoms with van der Waals surface area (Å²) in [6.07, 6.45) is 5.52. The summed E-state index contributed by atoms with van der Waals surface area (Å²) in [4.78, 5) is 14.6. The summed E-state index contributed by atoms with van der Waals surface area (Å²) >= 11 is 0. The molecule has 0 aromatic heterocycles. The van der Waals surface area contributed by atoms with Crippen LogP contribution in [0.1, 0.15) is 31.2 Å². The Morgan fingerprint density at radius 3 is 2.75 bits per heavy atom. The molecule has 1 aromatic rings. The lowest BCUT2D eigenvalue weighted by Crippen LogP contribution is -2.27. The molecule has 0 radical (unpaired) electrons. The van der Waals surface area contributed by atoms with Gasteiger partial charge in [0.1, 0.15) is 5.82 Å². The topological polar surface area (TPSA) is 20.3 Å². The van der Waals surface area contributed by atoms with Crippen molar-refractivity contribution in [3.63, 3.8) is 0 Å². The quantitative estimate of drug-likeness (QED) is 0.621. The second kappa shape index (κ2) is 6.80. The van der Waals surface area contributed by atoms with Crippen LogP contribution in [0.15, 0.2) is 29.8 Å². The second-order valence-electron chi connectivity index (χ2n) is 5.76. The normalized spacial score (nSPS) is 22.3. The van der Waals surface area contributed by atoms with Crippen LogP contribution in [0.4, 0.5) is 4.39 Å². The largest absolute Gasteiger partial charge is 0.309 e. The summed E-state index contributed by atoms with van der Waals surface area (Å²) in [5.74, 6) is -0.0221. The average Bonchev–Trinajstić information content (AvgIpc) is 2.56. The van der Waals surface area contributed by atoms with E-state index in [-0.39, 0.29) is 17.5 Å². The number of hydrogen-bond donors (Lipinski definition) is 0. The van der Waals surface area contributed by atoms with E-state index in [0.717, 1.165) is 37.8 Å². The molecule has 0 bridgehead atoms. The van der Waals surface area contributed by atoms with Gasteiger partial charge >= 0.3 is 0 Å². The molecule has 1 saturated carbocycles. The van der Waals surface area contributed by atoms with Gasteiger partial charge < -0.3 is 4.90 Å². The molecule has 0 heterocycles. The number of Topliss-reactive ketones (excluding diaryl/α,β-unsaturated/α-hetero) is 1. The van der Waals surface area contributed by atoms with E-state index < -0.39 is 0 Å². The Labute approximate surface area is 120 Å². The molecular formula is C17H22FNO. The van der Waals surface area contributed by atoms with Crippen molar-refractivity contribution in [2.75, 3.05) is 20.6 Å². The molecule has 1 fully saturated rings. The van der Waals surface area contributed by atoms with Crippen molar-refractivity contribution in [1.82, 2.24) is 4.90 Å². The summed E-state index contributed by atoms with van der Waals surface area (Å²) in [5, 5.41) is 0. The second-order valence-corrected chi connectivity index (χ2v) is 5.76. The van der Waals surface area contributed by atoms with Gasteiger partial charge in [0.2, 0.25) is 0 Å². The van der Waals surface area contributed by atoms with E-state index in [9.17, 15) is 9.18 Å². The Kier molecular flexibility index (Phi) is 5.07. The Morgan fingerprint density at radius 1 is 1.30 bits per heavy atom. The van der Waals surface area contributed by atoms with Crippen LogP contribution in [-0.2, 0) is 4.79 Å². The van der Waals surface area contributed by atoms with E-state index in [0.29, 0.717) is 5.56 Å². The van der Waals surface area contributed by atoms with Crippen molar-refractivity contribution in [2.24, 2.45) is 5.92 Å². The molecule has 0 aliphatic heterocycles. The van der Waals surface area contributed by atoms with Crippen molar-refractivity contribution in [3.8, 4) is 0 Å². The molecule has 0 saturated heterocycles. The lowest BCUT2D eigenvalue weighted by atomic mass is 9.94. The van der Waals surface area contributed by atoms with Crippen molar-refractivity contribution in [2.45, 2.75) is 25.7 Å². The number of carbonyl (C=O) groups excluding carboxylic acids is 1. The number of ketones is 1. The Hall–Kier alpha value is -1.48. The van der Waals surface area contributed by atoms with Crippen molar-refractivity contribution in [1.29, 1.82) is 0 Å². The predicted molar refractivity (Wildman–Crippen MR) is 79.9 cm³/mol. The third-order valence-corrected chi connectivity index (χ3v) is 3.76. The average molecular weight is 275 g/mol. The molecule has 108 valence electrons. The highest BCUT2D eigenvalue weighted by molar-refractivity contribution is 6.01. The maximum atomic E-state index is 13.7. The van der Waals surface area contributed by atoms with Gasteiger partial charge in [-0.15, -0.1) is 0 Å². The van der Waals surface area contributed by atoms with Crippen LogP contribution in [0.2, 0.25) is 0 Å².